The molecule has 5 heteroatoms. The molecule has 1 amide bonds. The molecule has 2 aromatic carbocycles. The van der Waals surface area contributed by atoms with Crippen LogP contribution in [-0.4, -0.2) is 29.6 Å². The lowest BCUT2D eigenvalue weighted by Crippen LogP contribution is -2.44. The predicted octanol–water partition coefficient (Wildman–Crippen LogP) is 3.76. The minimum absolute atomic E-state index is 0.188. The smallest absolute Gasteiger partial charge is 0.326 e. The summed E-state index contributed by atoms with van der Waals surface area (Å²) >= 11 is 0. The van der Waals surface area contributed by atoms with E-state index in [1.54, 1.807) is 0 Å². The van der Waals surface area contributed by atoms with Crippen LogP contribution >= 0.6 is 0 Å². The van der Waals surface area contributed by atoms with Crippen molar-refractivity contribution >= 4 is 22.6 Å². The first-order chi connectivity index (χ1) is 12.6. The summed E-state index contributed by atoms with van der Waals surface area (Å²) in [5.41, 5.74) is 0. The number of hydrogen-bond acceptors (Lipinski definition) is 3. The Bertz CT molecular complexity index is 767. The van der Waals surface area contributed by atoms with Crippen LogP contribution < -0.4 is 10.1 Å². The summed E-state index contributed by atoms with van der Waals surface area (Å²) in [6, 6.07) is 12.7. The number of carboxylic acids is 1. The van der Waals surface area contributed by atoms with Crippen LogP contribution in [-0.2, 0) is 9.59 Å². The molecule has 1 fully saturated rings. The number of carbonyl (C=O) groups excluding carboxylic acids is 1. The van der Waals surface area contributed by atoms with E-state index >= 15 is 0 Å². The number of ether oxygens (including phenoxy) is 1. The number of nitrogens with one attached hydrogen (secondary N) is 1. The van der Waals surface area contributed by atoms with Gasteiger partial charge in [0.25, 0.3) is 5.91 Å². The van der Waals surface area contributed by atoms with Crippen LogP contribution in [0.3, 0.4) is 0 Å². The zero-order chi connectivity index (χ0) is 18.4. The lowest BCUT2D eigenvalue weighted by atomic mass is 9.85. The SMILES string of the molecule is O=C(COc1ccc2ccccc2c1)N[C@@H](CC1CCCCC1)C(=O)O. The topological polar surface area (TPSA) is 75.6 Å². The van der Waals surface area contributed by atoms with Gasteiger partial charge < -0.3 is 15.2 Å². The molecule has 0 bridgehead atoms. The van der Waals surface area contributed by atoms with E-state index in [1.807, 2.05) is 42.5 Å². The number of fused-ring (bicyclic) bond motifs is 1. The minimum Gasteiger partial charge on any atom is -0.484 e. The largest absolute Gasteiger partial charge is 0.484 e. The van der Waals surface area contributed by atoms with Gasteiger partial charge in [-0.1, -0.05) is 62.4 Å². The lowest BCUT2D eigenvalue weighted by molar-refractivity contribution is -0.142. The van der Waals surface area contributed by atoms with Crippen molar-refractivity contribution in [3.63, 3.8) is 0 Å². The number of rotatable bonds is 7. The van der Waals surface area contributed by atoms with Gasteiger partial charge in [0, 0.05) is 0 Å². The molecule has 0 radical (unpaired) electrons. The Kier molecular flexibility index (Phi) is 6.10. The fraction of sp³-hybridized carbons (Fsp3) is 0.429. The molecular formula is C21H25NO4. The van der Waals surface area contributed by atoms with Gasteiger partial charge in [-0.25, -0.2) is 4.79 Å². The molecule has 1 atom stereocenters. The molecule has 0 heterocycles. The van der Waals surface area contributed by atoms with Crippen molar-refractivity contribution in [2.45, 2.75) is 44.6 Å². The van der Waals surface area contributed by atoms with Gasteiger partial charge in [0.1, 0.15) is 11.8 Å². The van der Waals surface area contributed by atoms with Crippen molar-refractivity contribution in [3.8, 4) is 5.75 Å². The van der Waals surface area contributed by atoms with E-state index in [1.165, 1.54) is 6.42 Å². The van der Waals surface area contributed by atoms with E-state index in [0.717, 1.165) is 36.5 Å². The van der Waals surface area contributed by atoms with E-state index in [2.05, 4.69) is 5.32 Å². The fourth-order valence-electron chi connectivity index (χ4n) is 3.62. The maximum Gasteiger partial charge on any atom is 0.326 e. The van der Waals surface area contributed by atoms with Crippen LogP contribution in [0.5, 0.6) is 5.75 Å². The van der Waals surface area contributed by atoms with E-state index < -0.39 is 17.9 Å². The van der Waals surface area contributed by atoms with Crippen LogP contribution in [0.25, 0.3) is 10.8 Å². The number of benzene rings is 2. The third kappa shape index (κ3) is 4.97. The molecule has 0 unspecified atom stereocenters. The van der Waals surface area contributed by atoms with Gasteiger partial charge in [0.15, 0.2) is 6.61 Å². The Hall–Kier alpha value is -2.56. The third-order valence-electron chi connectivity index (χ3n) is 5.02. The highest BCUT2D eigenvalue weighted by atomic mass is 16.5. The summed E-state index contributed by atoms with van der Waals surface area (Å²) in [6.45, 7) is -0.188. The predicted molar refractivity (Wildman–Crippen MR) is 100 cm³/mol. The monoisotopic (exact) mass is 355 g/mol. The van der Waals surface area contributed by atoms with Crippen LogP contribution in [0.4, 0.5) is 0 Å². The molecule has 0 aliphatic heterocycles. The number of aliphatic carboxylic acids is 1. The summed E-state index contributed by atoms with van der Waals surface area (Å²) in [5.74, 6) is -0.402. The number of carboxylic acid groups (broad SMARTS) is 1. The van der Waals surface area contributed by atoms with Gasteiger partial charge in [0.2, 0.25) is 0 Å². The van der Waals surface area contributed by atoms with Gasteiger partial charge in [-0.05, 0) is 35.2 Å². The zero-order valence-corrected chi connectivity index (χ0v) is 14.8. The average molecular weight is 355 g/mol. The number of hydrogen-bond donors (Lipinski definition) is 2. The Morgan fingerprint density at radius 2 is 1.81 bits per heavy atom. The van der Waals surface area contributed by atoms with Crippen molar-refractivity contribution in [1.29, 1.82) is 0 Å². The molecular weight excluding hydrogens is 330 g/mol. The Labute approximate surface area is 153 Å². The molecule has 138 valence electrons. The molecule has 26 heavy (non-hydrogen) atoms. The normalized spacial score (nSPS) is 16.2. The van der Waals surface area contributed by atoms with Gasteiger partial charge >= 0.3 is 5.97 Å². The Morgan fingerprint density at radius 3 is 2.54 bits per heavy atom. The summed E-state index contributed by atoms with van der Waals surface area (Å²) in [4.78, 5) is 23.6. The standard InChI is InChI=1S/C21H25NO4/c23-20(22-19(21(24)25)12-15-6-2-1-3-7-15)14-26-18-11-10-16-8-4-5-9-17(16)13-18/h4-5,8-11,13,15,19H,1-3,6-7,12,14H2,(H,22,23)(H,24,25)/t19-/m0/s1. The second-order valence-corrected chi connectivity index (χ2v) is 7.00. The van der Waals surface area contributed by atoms with Crippen molar-refractivity contribution in [1.82, 2.24) is 5.32 Å². The molecule has 5 nitrogen and oxygen atoms in total. The lowest BCUT2D eigenvalue weighted by Gasteiger charge is -2.25. The second kappa shape index (κ2) is 8.70. The third-order valence-corrected chi connectivity index (χ3v) is 5.02. The Balaban J connectivity index is 1.53. The molecule has 0 aromatic heterocycles. The molecule has 1 saturated carbocycles. The first-order valence-corrected chi connectivity index (χ1v) is 9.25. The minimum atomic E-state index is -0.977. The number of amides is 1. The molecule has 1 aliphatic carbocycles. The summed E-state index contributed by atoms with van der Waals surface area (Å²) in [5, 5.41) is 14.1. The maximum atomic E-state index is 12.1. The van der Waals surface area contributed by atoms with Crippen molar-refractivity contribution in [3.05, 3.63) is 42.5 Å². The van der Waals surface area contributed by atoms with Crippen LogP contribution in [0.15, 0.2) is 42.5 Å². The molecule has 3 rings (SSSR count). The van der Waals surface area contributed by atoms with Crippen molar-refractivity contribution < 1.29 is 19.4 Å². The molecule has 1 aliphatic rings. The quantitative estimate of drug-likeness (QED) is 0.793. The summed E-state index contributed by atoms with van der Waals surface area (Å²) in [6.07, 6.45) is 6.11. The summed E-state index contributed by atoms with van der Waals surface area (Å²) in [7, 11) is 0. The van der Waals surface area contributed by atoms with Crippen molar-refractivity contribution in [2.24, 2.45) is 5.92 Å². The van der Waals surface area contributed by atoms with E-state index in [0.29, 0.717) is 18.1 Å². The van der Waals surface area contributed by atoms with Gasteiger partial charge in [-0.3, -0.25) is 4.79 Å². The van der Waals surface area contributed by atoms with E-state index in [9.17, 15) is 14.7 Å². The zero-order valence-electron chi connectivity index (χ0n) is 14.8. The van der Waals surface area contributed by atoms with Crippen molar-refractivity contribution in [2.75, 3.05) is 6.61 Å². The first-order valence-electron chi connectivity index (χ1n) is 9.25. The summed E-state index contributed by atoms with van der Waals surface area (Å²) < 4.78 is 5.54. The van der Waals surface area contributed by atoms with Gasteiger partial charge in [-0.2, -0.15) is 0 Å². The number of carbonyl (C=O) groups is 2. The highest BCUT2D eigenvalue weighted by Gasteiger charge is 2.25. The highest BCUT2D eigenvalue weighted by molar-refractivity contribution is 5.85. The Morgan fingerprint density at radius 1 is 1.08 bits per heavy atom. The van der Waals surface area contributed by atoms with Gasteiger partial charge in [0.05, 0.1) is 0 Å². The fourth-order valence-corrected chi connectivity index (χ4v) is 3.62. The van der Waals surface area contributed by atoms with Crippen LogP contribution in [0.1, 0.15) is 38.5 Å². The highest BCUT2D eigenvalue weighted by Crippen LogP contribution is 2.27. The average Bonchev–Trinajstić information content (AvgIpc) is 2.66. The molecule has 2 N–H and O–H groups in total. The second-order valence-electron chi connectivity index (χ2n) is 7.00. The molecule has 0 saturated heterocycles. The van der Waals surface area contributed by atoms with Crippen LogP contribution in [0.2, 0.25) is 0 Å². The molecule has 0 spiro atoms. The van der Waals surface area contributed by atoms with E-state index in [4.69, 9.17) is 4.74 Å². The maximum absolute atomic E-state index is 12.1. The first kappa shape index (κ1) is 18.2. The molecule has 2 aromatic rings. The van der Waals surface area contributed by atoms with Crippen LogP contribution in [0, 0.1) is 5.92 Å². The van der Waals surface area contributed by atoms with E-state index in [-0.39, 0.29) is 6.61 Å². The van der Waals surface area contributed by atoms with Gasteiger partial charge in [-0.15, -0.1) is 0 Å².